The molecule has 0 radical (unpaired) electrons. The quantitative estimate of drug-likeness (QED) is 0.187. The highest BCUT2D eigenvalue weighted by Crippen LogP contribution is 2.40. The van der Waals surface area contributed by atoms with Gasteiger partial charge in [0.05, 0.1) is 0 Å². The number of hydrogen-bond donors (Lipinski definition) is 0. The maximum Gasteiger partial charge on any atom is 0.139 e. The Hall–Kier alpha value is -6.64. The third-order valence-electron chi connectivity index (χ3n) is 11.0. The van der Waals surface area contributed by atoms with E-state index in [4.69, 9.17) is 8.83 Å². The molecule has 2 heteroatoms. The fourth-order valence-electron chi connectivity index (χ4n) is 8.15. The van der Waals surface area contributed by atoms with E-state index in [0.29, 0.717) is 5.92 Å². The van der Waals surface area contributed by atoms with Crippen LogP contribution in [0.15, 0.2) is 185 Å². The Labute approximate surface area is 300 Å². The van der Waals surface area contributed by atoms with Gasteiger partial charge in [-0.05, 0) is 103 Å². The minimum atomic E-state index is 0.377. The van der Waals surface area contributed by atoms with E-state index in [1.807, 2.05) is 0 Å². The van der Waals surface area contributed by atoms with Crippen molar-refractivity contribution in [3.8, 4) is 22.3 Å². The van der Waals surface area contributed by atoms with Gasteiger partial charge in [0.25, 0.3) is 0 Å². The fourth-order valence-corrected chi connectivity index (χ4v) is 8.15. The highest BCUT2D eigenvalue weighted by Gasteiger charge is 2.17. The van der Waals surface area contributed by atoms with Crippen molar-refractivity contribution in [2.24, 2.45) is 0 Å². The maximum absolute atomic E-state index is 6.38. The first-order valence-corrected chi connectivity index (χ1v) is 18.0. The molecule has 2 aromatic heterocycles. The Bertz CT molecular complexity index is 3090. The van der Waals surface area contributed by atoms with E-state index in [1.54, 1.807) is 0 Å². The largest absolute Gasteiger partial charge is 0.456 e. The Morgan fingerprint density at radius 3 is 1.56 bits per heavy atom. The SMILES string of the molecule is C1=CC(c2ccc3ccccc3c2)CC=C1c1ccc2oc3cc4oc5ccc(-c6ccc(-c7ccc8ccccc8c7)cc6)cc5c4cc3c2c1. The molecule has 8 aromatic carbocycles. The van der Waals surface area contributed by atoms with E-state index in [2.05, 4.69) is 176 Å². The molecular weight excluding hydrogens is 633 g/mol. The van der Waals surface area contributed by atoms with Crippen LogP contribution in [-0.4, -0.2) is 0 Å². The Morgan fingerprint density at radius 1 is 0.385 bits per heavy atom. The second kappa shape index (κ2) is 11.4. The Morgan fingerprint density at radius 2 is 0.904 bits per heavy atom. The molecule has 1 unspecified atom stereocenters. The van der Waals surface area contributed by atoms with Crippen molar-refractivity contribution in [2.45, 2.75) is 12.3 Å². The van der Waals surface area contributed by atoms with Crippen LogP contribution in [0.5, 0.6) is 0 Å². The van der Waals surface area contributed by atoms with E-state index in [9.17, 15) is 0 Å². The smallest absolute Gasteiger partial charge is 0.139 e. The summed E-state index contributed by atoms with van der Waals surface area (Å²) in [5, 5.41) is 9.52. The molecule has 0 amide bonds. The van der Waals surface area contributed by atoms with Gasteiger partial charge in [-0.2, -0.15) is 0 Å². The van der Waals surface area contributed by atoms with Gasteiger partial charge in [0.15, 0.2) is 0 Å². The first-order chi connectivity index (χ1) is 25.7. The van der Waals surface area contributed by atoms with Crippen LogP contribution in [0.1, 0.15) is 23.5 Å². The van der Waals surface area contributed by atoms with Gasteiger partial charge >= 0.3 is 0 Å². The van der Waals surface area contributed by atoms with Crippen LogP contribution >= 0.6 is 0 Å². The van der Waals surface area contributed by atoms with Crippen LogP contribution < -0.4 is 0 Å². The molecule has 2 nitrogen and oxygen atoms in total. The monoisotopic (exact) mass is 664 g/mol. The molecule has 11 rings (SSSR count). The van der Waals surface area contributed by atoms with Crippen LogP contribution in [0.25, 0.3) is 93.2 Å². The van der Waals surface area contributed by atoms with Gasteiger partial charge in [0.2, 0.25) is 0 Å². The zero-order chi connectivity index (χ0) is 34.2. The molecule has 1 aliphatic rings. The van der Waals surface area contributed by atoms with Crippen molar-refractivity contribution >= 4 is 71.0 Å². The maximum atomic E-state index is 6.38. The molecule has 0 saturated heterocycles. The molecule has 0 bridgehead atoms. The second-order valence-electron chi connectivity index (χ2n) is 14.1. The number of fused-ring (bicyclic) bond motifs is 8. The third kappa shape index (κ3) is 4.80. The topological polar surface area (TPSA) is 26.3 Å². The van der Waals surface area contributed by atoms with E-state index >= 15 is 0 Å². The molecule has 10 aromatic rings. The fraction of sp³-hybridized carbons (Fsp3) is 0.0400. The molecule has 2 heterocycles. The predicted octanol–water partition coefficient (Wildman–Crippen LogP) is 14.3. The summed E-state index contributed by atoms with van der Waals surface area (Å²) < 4.78 is 12.7. The molecule has 0 N–H and O–H groups in total. The summed E-state index contributed by atoms with van der Waals surface area (Å²) in [5.74, 6) is 0.377. The normalized spacial score (nSPS) is 14.7. The standard InChI is InChI=1S/C50H32O2/c1-3-7-37-25-39(19-17-31(37)5-1)33-9-13-35(14-10-33)41-21-23-47-43(27-41)45-29-46-44-28-42(22-24-48(44)52-50(46)30-49(45)51-47)36-15-11-34(12-16-36)40-20-18-32-6-2-4-8-38(32)26-40/h1-11,13-30,34H,12H2. The Kier molecular flexibility index (Phi) is 6.41. The van der Waals surface area contributed by atoms with Gasteiger partial charge in [0.1, 0.15) is 22.3 Å². The van der Waals surface area contributed by atoms with Crippen molar-refractivity contribution in [2.75, 3.05) is 0 Å². The lowest BCUT2D eigenvalue weighted by Gasteiger charge is -2.17. The van der Waals surface area contributed by atoms with Crippen molar-refractivity contribution < 1.29 is 8.83 Å². The highest BCUT2D eigenvalue weighted by atomic mass is 16.3. The van der Waals surface area contributed by atoms with Gasteiger partial charge in [-0.15, -0.1) is 0 Å². The molecular formula is C50H32O2. The van der Waals surface area contributed by atoms with E-state index < -0.39 is 0 Å². The molecule has 1 aliphatic carbocycles. The van der Waals surface area contributed by atoms with Gasteiger partial charge in [0, 0.05) is 33.5 Å². The average molecular weight is 665 g/mol. The summed E-state index contributed by atoms with van der Waals surface area (Å²) in [5.41, 5.74) is 12.0. The summed E-state index contributed by atoms with van der Waals surface area (Å²) in [6.07, 6.45) is 7.99. The minimum Gasteiger partial charge on any atom is -0.456 e. The van der Waals surface area contributed by atoms with Crippen LogP contribution in [0, 0.1) is 0 Å². The molecule has 0 saturated carbocycles. The van der Waals surface area contributed by atoms with Gasteiger partial charge in [-0.3, -0.25) is 0 Å². The van der Waals surface area contributed by atoms with Crippen LogP contribution in [0.2, 0.25) is 0 Å². The zero-order valence-corrected chi connectivity index (χ0v) is 28.3. The molecule has 1 atom stereocenters. The van der Waals surface area contributed by atoms with Gasteiger partial charge in [-0.25, -0.2) is 0 Å². The van der Waals surface area contributed by atoms with Crippen LogP contribution in [0.3, 0.4) is 0 Å². The summed E-state index contributed by atoms with van der Waals surface area (Å²) in [7, 11) is 0. The number of benzene rings is 8. The Balaban J connectivity index is 0.919. The predicted molar refractivity (Wildman–Crippen MR) is 218 cm³/mol. The van der Waals surface area contributed by atoms with Crippen LogP contribution in [0.4, 0.5) is 0 Å². The van der Waals surface area contributed by atoms with E-state index in [1.165, 1.54) is 54.9 Å². The molecule has 244 valence electrons. The van der Waals surface area contributed by atoms with Crippen molar-refractivity contribution in [3.05, 3.63) is 187 Å². The van der Waals surface area contributed by atoms with E-state index in [-0.39, 0.29) is 0 Å². The van der Waals surface area contributed by atoms with Crippen molar-refractivity contribution in [1.29, 1.82) is 0 Å². The highest BCUT2D eigenvalue weighted by molar-refractivity contribution is 6.16. The van der Waals surface area contributed by atoms with Gasteiger partial charge in [-0.1, -0.05) is 133 Å². The molecule has 52 heavy (non-hydrogen) atoms. The van der Waals surface area contributed by atoms with E-state index in [0.717, 1.165) is 55.9 Å². The van der Waals surface area contributed by atoms with Gasteiger partial charge < -0.3 is 8.83 Å². The molecule has 0 aliphatic heterocycles. The lowest BCUT2D eigenvalue weighted by atomic mass is 9.87. The summed E-state index contributed by atoms with van der Waals surface area (Å²) >= 11 is 0. The summed E-state index contributed by atoms with van der Waals surface area (Å²) in [6, 6.07) is 56.8. The summed E-state index contributed by atoms with van der Waals surface area (Å²) in [4.78, 5) is 0. The first-order valence-electron chi connectivity index (χ1n) is 18.0. The zero-order valence-electron chi connectivity index (χ0n) is 28.3. The molecule has 0 fully saturated rings. The van der Waals surface area contributed by atoms with Crippen molar-refractivity contribution in [3.63, 3.8) is 0 Å². The number of rotatable bonds is 4. The van der Waals surface area contributed by atoms with Crippen LogP contribution in [-0.2, 0) is 0 Å². The number of hydrogen-bond acceptors (Lipinski definition) is 2. The lowest BCUT2D eigenvalue weighted by Crippen LogP contribution is -1.98. The average Bonchev–Trinajstić information content (AvgIpc) is 3.76. The minimum absolute atomic E-state index is 0.377. The second-order valence-corrected chi connectivity index (χ2v) is 14.1. The lowest BCUT2D eigenvalue weighted by molar-refractivity contribution is 0.656. The van der Waals surface area contributed by atoms with Crippen molar-refractivity contribution in [1.82, 2.24) is 0 Å². The third-order valence-corrected chi connectivity index (χ3v) is 11.0. The summed E-state index contributed by atoms with van der Waals surface area (Å²) in [6.45, 7) is 0. The number of furan rings is 2. The molecule has 0 spiro atoms. The first kappa shape index (κ1) is 29.1. The number of allylic oxidation sites excluding steroid dienone is 4.